The molecule has 0 saturated heterocycles. The molecule has 0 fully saturated rings. The van der Waals surface area contributed by atoms with E-state index < -0.39 is 29.6 Å². The molecule has 208 valence electrons. The molecule has 9 heteroatoms. The van der Waals surface area contributed by atoms with Crippen molar-refractivity contribution < 1.29 is 24.2 Å². The van der Waals surface area contributed by atoms with Crippen LogP contribution in [0.2, 0.25) is 0 Å². The maximum atomic E-state index is 13.7. The van der Waals surface area contributed by atoms with Gasteiger partial charge in [0, 0.05) is 30.6 Å². The highest BCUT2D eigenvalue weighted by Crippen LogP contribution is 2.36. The van der Waals surface area contributed by atoms with Crippen LogP contribution in [-0.4, -0.2) is 61.9 Å². The topological polar surface area (TPSA) is 134 Å². The lowest BCUT2D eigenvalue weighted by Crippen LogP contribution is -2.58. The van der Waals surface area contributed by atoms with Gasteiger partial charge in [0.2, 0.25) is 11.8 Å². The molecule has 5 atom stereocenters. The Labute approximate surface area is 221 Å². The molecule has 1 aromatic carbocycles. The number of carbonyl (C=O) groups is 3. The number of ether oxygens (including phenoxy) is 1. The van der Waals surface area contributed by atoms with Crippen LogP contribution in [0.3, 0.4) is 0 Å². The minimum Gasteiger partial charge on any atom is -0.469 e. The van der Waals surface area contributed by atoms with Gasteiger partial charge in [0.05, 0.1) is 19.1 Å². The molecule has 1 heterocycles. The van der Waals surface area contributed by atoms with E-state index in [1.165, 1.54) is 7.11 Å². The number of aliphatic hydroxyl groups excluding tert-OH is 1. The van der Waals surface area contributed by atoms with Gasteiger partial charge < -0.3 is 20.9 Å². The number of rotatable bonds is 13. The number of anilines is 1. The first kappa shape index (κ1) is 30.7. The van der Waals surface area contributed by atoms with E-state index in [0.29, 0.717) is 19.4 Å². The third-order valence-electron chi connectivity index (χ3n) is 7.20. The van der Waals surface area contributed by atoms with Crippen LogP contribution >= 0.6 is 0 Å². The van der Waals surface area contributed by atoms with Crippen LogP contribution in [0.1, 0.15) is 65.4 Å². The minimum atomic E-state index is -0.870. The standard InChI is InChI=1S/C28H46N4O5/c1-7-8-13-31-26(35)18(2)14-23(33)21(29)16-28(3,4)17-24(34)32-22-12-10-9-11-19(22)15-20(25(32)30-5)27(36)37-6/h9-12,18,20-21,23,25,30,33H,7-8,13-17,29H2,1-6H3,(H,31,35)/t18-,20+,21+,23+,25-/m1/s1. The van der Waals surface area contributed by atoms with Crippen molar-refractivity contribution in [3.05, 3.63) is 29.8 Å². The van der Waals surface area contributed by atoms with E-state index in [1.807, 2.05) is 38.1 Å². The summed E-state index contributed by atoms with van der Waals surface area (Å²) >= 11 is 0. The molecule has 1 aliphatic rings. The van der Waals surface area contributed by atoms with Gasteiger partial charge in [-0.2, -0.15) is 0 Å². The number of fused-ring (bicyclic) bond motifs is 1. The van der Waals surface area contributed by atoms with E-state index in [-0.39, 0.29) is 36.5 Å². The zero-order valence-electron chi connectivity index (χ0n) is 23.3. The number of amides is 2. The zero-order valence-corrected chi connectivity index (χ0v) is 23.3. The van der Waals surface area contributed by atoms with E-state index >= 15 is 0 Å². The Kier molecular flexibility index (Phi) is 11.5. The number of methoxy groups -OCH3 is 1. The lowest BCUT2D eigenvalue weighted by Gasteiger charge is -2.42. The summed E-state index contributed by atoms with van der Waals surface area (Å²) in [4.78, 5) is 40.2. The van der Waals surface area contributed by atoms with Gasteiger partial charge in [-0.05, 0) is 49.8 Å². The number of para-hydroxylation sites is 1. The van der Waals surface area contributed by atoms with Crippen molar-refractivity contribution in [3.8, 4) is 0 Å². The van der Waals surface area contributed by atoms with Crippen LogP contribution in [-0.2, 0) is 25.5 Å². The fourth-order valence-electron chi connectivity index (χ4n) is 5.13. The van der Waals surface area contributed by atoms with Gasteiger partial charge in [-0.25, -0.2) is 0 Å². The normalized spacial score (nSPS) is 19.9. The van der Waals surface area contributed by atoms with Crippen LogP contribution in [0.5, 0.6) is 0 Å². The molecule has 0 aromatic heterocycles. The van der Waals surface area contributed by atoms with Gasteiger partial charge >= 0.3 is 5.97 Å². The fraction of sp³-hybridized carbons (Fsp3) is 0.679. The number of carbonyl (C=O) groups excluding carboxylic acids is 3. The second-order valence-corrected chi connectivity index (χ2v) is 11.0. The number of benzene rings is 1. The van der Waals surface area contributed by atoms with Gasteiger partial charge in [-0.3, -0.25) is 24.6 Å². The second-order valence-electron chi connectivity index (χ2n) is 11.0. The van der Waals surface area contributed by atoms with Crippen molar-refractivity contribution in [1.29, 1.82) is 0 Å². The molecule has 1 aromatic rings. The van der Waals surface area contributed by atoms with E-state index in [9.17, 15) is 19.5 Å². The summed E-state index contributed by atoms with van der Waals surface area (Å²) in [5.74, 6) is -1.50. The number of hydrogen-bond acceptors (Lipinski definition) is 7. The summed E-state index contributed by atoms with van der Waals surface area (Å²) in [6, 6.07) is 6.99. The smallest absolute Gasteiger partial charge is 0.312 e. The monoisotopic (exact) mass is 518 g/mol. The van der Waals surface area contributed by atoms with Crippen LogP contribution in [0.25, 0.3) is 0 Å². The number of unbranched alkanes of at least 4 members (excludes halogenated alkanes) is 1. The molecule has 1 aliphatic heterocycles. The molecule has 2 amide bonds. The van der Waals surface area contributed by atoms with Crippen molar-refractivity contribution in [2.75, 3.05) is 25.6 Å². The average molecular weight is 519 g/mol. The van der Waals surface area contributed by atoms with Gasteiger partial charge in [0.15, 0.2) is 0 Å². The van der Waals surface area contributed by atoms with Crippen molar-refractivity contribution >= 4 is 23.5 Å². The number of nitrogens with one attached hydrogen (secondary N) is 2. The van der Waals surface area contributed by atoms with Crippen LogP contribution in [0, 0.1) is 17.3 Å². The lowest BCUT2D eigenvalue weighted by molar-refractivity contribution is -0.146. The van der Waals surface area contributed by atoms with Gasteiger partial charge in [0.25, 0.3) is 0 Å². The summed E-state index contributed by atoms with van der Waals surface area (Å²) in [6.45, 7) is 8.36. The molecule has 0 aliphatic carbocycles. The lowest BCUT2D eigenvalue weighted by atomic mass is 9.79. The summed E-state index contributed by atoms with van der Waals surface area (Å²) in [7, 11) is 3.08. The predicted octanol–water partition coefficient (Wildman–Crippen LogP) is 2.35. The second kappa shape index (κ2) is 13.9. The molecule has 5 N–H and O–H groups in total. The number of hydrogen-bond donors (Lipinski definition) is 4. The SMILES string of the molecule is CCCCNC(=O)[C@H](C)C[C@H](O)[C@@H](N)CC(C)(C)CC(=O)N1c2ccccc2C[C@H](C(=O)OC)[C@@H]1NC. The van der Waals surface area contributed by atoms with Crippen molar-refractivity contribution in [2.45, 2.75) is 84.5 Å². The van der Waals surface area contributed by atoms with Crippen molar-refractivity contribution in [3.63, 3.8) is 0 Å². The number of esters is 1. The Morgan fingerprint density at radius 1 is 1.27 bits per heavy atom. The average Bonchev–Trinajstić information content (AvgIpc) is 2.86. The third kappa shape index (κ3) is 8.25. The minimum absolute atomic E-state index is 0.0869. The maximum absolute atomic E-state index is 13.7. The summed E-state index contributed by atoms with van der Waals surface area (Å²) in [5.41, 5.74) is 7.51. The number of nitrogens with zero attached hydrogens (tertiary/aromatic N) is 1. The first-order chi connectivity index (χ1) is 17.4. The summed E-state index contributed by atoms with van der Waals surface area (Å²) in [6.07, 6.45) is 1.79. The van der Waals surface area contributed by atoms with Crippen LogP contribution in [0.15, 0.2) is 24.3 Å². The predicted molar refractivity (Wildman–Crippen MR) is 145 cm³/mol. The summed E-state index contributed by atoms with van der Waals surface area (Å²) in [5, 5.41) is 16.8. The molecule has 0 unspecified atom stereocenters. The van der Waals surface area contributed by atoms with Gasteiger partial charge in [-0.15, -0.1) is 0 Å². The molecular formula is C28H46N4O5. The molecule has 0 bridgehead atoms. The molecule has 2 rings (SSSR count). The highest BCUT2D eigenvalue weighted by Gasteiger charge is 2.42. The Bertz CT molecular complexity index is 922. The van der Waals surface area contributed by atoms with E-state index in [0.717, 1.165) is 24.1 Å². The molecule has 9 nitrogen and oxygen atoms in total. The number of nitrogens with two attached hydrogens (primary N) is 1. The Hall–Kier alpha value is -2.49. The van der Waals surface area contributed by atoms with Gasteiger partial charge in [-0.1, -0.05) is 52.3 Å². The number of aliphatic hydroxyl groups is 1. The first-order valence-electron chi connectivity index (χ1n) is 13.3. The van der Waals surface area contributed by atoms with E-state index in [1.54, 1.807) is 18.9 Å². The fourth-order valence-corrected chi connectivity index (χ4v) is 5.13. The highest BCUT2D eigenvalue weighted by atomic mass is 16.5. The molecule has 37 heavy (non-hydrogen) atoms. The van der Waals surface area contributed by atoms with E-state index in [2.05, 4.69) is 17.6 Å². The van der Waals surface area contributed by atoms with Crippen molar-refractivity contribution in [1.82, 2.24) is 10.6 Å². The molecule has 0 radical (unpaired) electrons. The Balaban J connectivity index is 2.10. The molecular weight excluding hydrogens is 472 g/mol. The van der Waals surface area contributed by atoms with E-state index in [4.69, 9.17) is 10.5 Å². The van der Waals surface area contributed by atoms with Crippen molar-refractivity contribution in [2.24, 2.45) is 23.0 Å². The Morgan fingerprint density at radius 2 is 1.95 bits per heavy atom. The van der Waals surface area contributed by atoms with Crippen LogP contribution in [0.4, 0.5) is 5.69 Å². The quantitative estimate of drug-likeness (QED) is 0.233. The first-order valence-corrected chi connectivity index (χ1v) is 13.3. The highest BCUT2D eigenvalue weighted by molar-refractivity contribution is 5.97. The summed E-state index contributed by atoms with van der Waals surface area (Å²) < 4.78 is 5.03. The zero-order chi connectivity index (χ0) is 27.8. The largest absolute Gasteiger partial charge is 0.469 e. The Morgan fingerprint density at radius 3 is 2.57 bits per heavy atom. The van der Waals surface area contributed by atoms with Crippen LogP contribution < -0.4 is 21.3 Å². The third-order valence-corrected chi connectivity index (χ3v) is 7.20. The molecule has 0 saturated carbocycles. The van der Waals surface area contributed by atoms with Gasteiger partial charge in [0.1, 0.15) is 6.17 Å². The maximum Gasteiger partial charge on any atom is 0.312 e. The molecule has 0 spiro atoms.